The molecule has 27 heavy (non-hydrogen) atoms. The highest BCUT2D eigenvalue weighted by atomic mass is 35.5. The second-order valence-corrected chi connectivity index (χ2v) is 7.97. The summed E-state index contributed by atoms with van der Waals surface area (Å²) in [6.07, 6.45) is 1.52. The minimum atomic E-state index is -3.86. The van der Waals surface area contributed by atoms with Gasteiger partial charge in [0.15, 0.2) is 0 Å². The molecule has 0 unspecified atom stereocenters. The van der Waals surface area contributed by atoms with Crippen molar-refractivity contribution in [3.63, 3.8) is 0 Å². The molecule has 1 amide bonds. The van der Waals surface area contributed by atoms with E-state index in [2.05, 4.69) is 10.0 Å². The molecular formula is C19H17ClN2O4S. The van der Waals surface area contributed by atoms with Gasteiger partial charge < -0.3 is 9.73 Å². The first-order valence-electron chi connectivity index (χ1n) is 8.08. The smallest absolute Gasteiger partial charge is 0.261 e. The van der Waals surface area contributed by atoms with Gasteiger partial charge in [-0.1, -0.05) is 23.7 Å². The molecule has 2 N–H and O–H groups in total. The number of carbonyl (C=O) groups excluding carboxylic acids is 1. The number of furan rings is 1. The minimum absolute atomic E-state index is 0.0271. The minimum Gasteiger partial charge on any atom is -0.467 e. The van der Waals surface area contributed by atoms with Crippen LogP contribution in [-0.4, -0.2) is 14.3 Å². The van der Waals surface area contributed by atoms with Crippen molar-refractivity contribution < 1.29 is 17.6 Å². The van der Waals surface area contributed by atoms with Gasteiger partial charge in [0.1, 0.15) is 5.76 Å². The van der Waals surface area contributed by atoms with E-state index in [0.717, 1.165) is 0 Å². The SMILES string of the molecule is C[C@H](NC(=O)c1cccc(S(=O)(=O)Nc2cccc(Cl)c2)c1)c1ccco1. The first-order chi connectivity index (χ1) is 12.8. The van der Waals surface area contributed by atoms with Crippen molar-refractivity contribution in [2.75, 3.05) is 4.72 Å². The molecule has 0 saturated heterocycles. The zero-order valence-corrected chi connectivity index (χ0v) is 15.9. The third kappa shape index (κ3) is 4.69. The number of benzene rings is 2. The van der Waals surface area contributed by atoms with E-state index in [0.29, 0.717) is 16.5 Å². The van der Waals surface area contributed by atoms with Crippen molar-refractivity contribution in [3.05, 3.63) is 83.3 Å². The summed E-state index contributed by atoms with van der Waals surface area (Å²) in [6.45, 7) is 1.78. The van der Waals surface area contributed by atoms with Crippen LogP contribution in [-0.2, 0) is 10.0 Å². The molecule has 6 nitrogen and oxygen atoms in total. The molecule has 140 valence electrons. The van der Waals surface area contributed by atoms with E-state index in [9.17, 15) is 13.2 Å². The first-order valence-corrected chi connectivity index (χ1v) is 9.94. The van der Waals surface area contributed by atoms with Gasteiger partial charge in [0.2, 0.25) is 0 Å². The molecule has 2 aromatic carbocycles. The van der Waals surface area contributed by atoms with E-state index in [4.69, 9.17) is 16.0 Å². The van der Waals surface area contributed by atoms with Gasteiger partial charge in [0.05, 0.1) is 22.9 Å². The Hall–Kier alpha value is -2.77. The second-order valence-electron chi connectivity index (χ2n) is 5.85. The fourth-order valence-corrected chi connectivity index (χ4v) is 3.74. The van der Waals surface area contributed by atoms with Crippen molar-refractivity contribution in [3.8, 4) is 0 Å². The summed E-state index contributed by atoms with van der Waals surface area (Å²) in [4.78, 5) is 12.4. The van der Waals surface area contributed by atoms with Gasteiger partial charge in [0.25, 0.3) is 15.9 Å². The number of carbonyl (C=O) groups is 1. The lowest BCUT2D eigenvalue weighted by atomic mass is 10.2. The average molecular weight is 405 g/mol. The zero-order chi connectivity index (χ0) is 19.4. The van der Waals surface area contributed by atoms with Crippen molar-refractivity contribution in [2.24, 2.45) is 0 Å². The van der Waals surface area contributed by atoms with E-state index in [1.807, 2.05) is 0 Å². The van der Waals surface area contributed by atoms with Crippen molar-refractivity contribution in [1.82, 2.24) is 5.32 Å². The number of sulfonamides is 1. The third-order valence-electron chi connectivity index (χ3n) is 3.80. The molecule has 1 aromatic heterocycles. The van der Waals surface area contributed by atoms with E-state index in [1.165, 1.54) is 30.5 Å². The summed E-state index contributed by atoms with van der Waals surface area (Å²) in [5.74, 6) is 0.202. The average Bonchev–Trinajstić information content (AvgIpc) is 3.16. The molecular weight excluding hydrogens is 388 g/mol. The number of amides is 1. The molecule has 0 bridgehead atoms. The van der Waals surface area contributed by atoms with Crippen LogP contribution in [0.2, 0.25) is 5.02 Å². The normalized spacial score (nSPS) is 12.4. The van der Waals surface area contributed by atoms with Gasteiger partial charge in [-0.3, -0.25) is 9.52 Å². The van der Waals surface area contributed by atoms with Gasteiger partial charge in [0, 0.05) is 10.6 Å². The summed E-state index contributed by atoms with van der Waals surface area (Å²) in [5, 5.41) is 3.18. The van der Waals surface area contributed by atoms with Gasteiger partial charge in [-0.05, 0) is 55.5 Å². The van der Waals surface area contributed by atoms with Crippen LogP contribution in [0.1, 0.15) is 29.1 Å². The van der Waals surface area contributed by atoms with Gasteiger partial charge in [-0.15, -0.1) is 0 Å². The molecule has 0 saturated carbocycles. The molecule has 3 aromatic rings. The molecule has 0 radical (unpaired) electrons. The predicted molar refractivity (Wildman–Crippen MR) is 103 cm³/mol. The number of hydrogen-bond acceptors (Lipinski definition) is 4. The van der Waals surface area contributed by atoms with Crippen molar-refractivity contribution in [1.29, 1.82) is 0 Å². The molecule has 8 heteroatoms. The van der Waals surface area contributed by atoms with Crippen LogP contribution < -0.4 is 10.0 Å². The molecule has 0 spiro atoms. The molecule has 0 aliphatic rings. The van der Waals surface area contributed by atoms with Gasteiger partial charge in [-0.25, -0.2) is 8.42 Å². The monoisotopic (exact) mass is 404 g/mol. The maximum atomic E-state index is 12.6. The van der Waals surface area contributed by atoms with Crippen molar-refractivity contribution in [2.45, 2.75) is 17.9 Å². The second kappa shape index (κ2) is 7.85. The van der Waals surface area contributed by atoms with Gasteiger partial charge in [-0.2, -0.15) is 0 Å². The Morgan fingerprint density at radius 1 is 1.07 bits per heavy atom. The Morgan fingerprint density at radius 2 is 1.85 bits per heavy atom. The van der Waals surface area contributed by atoms with Crippen LogP contribution in [0.5, 0.6) is 0 Å². The highest BCUT2D eigenvalue weighted by molar-refractivity contribution is 7.92. The Balaban J connectivity index is 1.79. The Labute approximate surface area is 162 Å². The summed E-state index contributed by atoms with van der Waals surface area (Å²) in [5.41, 5.74) is 0.561. The summed E-state index contributed by atoms with van der Waals surface area (Å²) >= 11 is 5.88. The quantitative estimate of drug-likeness (QED) is 0.643. The fraction of sp³-hybridized carbons (Fsp3) is 0.105. The maximum absolute atomic E-state index is 12.6. The van der Waals surface area contributed by atoms with E-state index < -0.39 is 15.9 Å². The Kier molecular flexibility index (Phi) is 5.53. The highest BCUT2D eigenvalue weighted by Crippen LogP contribution is 2.20. The summed E-state index contributed by atoms with van der Waals surface area (Å²) in [7, 11) is -3.86. The molecule has 0 aliphatic carbocycles. The number of halogens is 1. The summed E-state index contributed by atoms with van der Waals surface area (Å²) < 4.78 is 32.9. The highest BCUT2D eigenvalue weighted by Gasteiger charge is 2.18. The van der Waals surface area contributed by atoms with E-state index >= 15 is 0 Å². The Morgan fingerprint density at radius 3 is 2.56 bits per heavy atom. The van der Waals surface area contributed by atoms with Crippen LogP contribution in [0.15, 0.2) is 76.2 Å². The number of hydrogen-bond donors (Lipinski definition) is 2. The fourth-order valence-electron chi connectivity index (χ4n) is 2.46. The zero-order valence-electron chi connectivity index (χ0n) is 14.3. The largest absolute Gasteiger partial charge is 0.467 e. The number of anilines is 1. The van der Waals surface area contributed by atoms with Crippen LogP contribution in [0.3, 0.4) is 0 Å². The van der Waals surface area contributed by atoms with Crippen LogP contribution in [0, 0.1) is 0 Å². The summed E-state index contributed by atoms with van der Waals surface area (Å²) in [6, 6.07) is 15.3. The first kappa shape index (κ1) is 19.0. The van der Waals surface area contributed by atoms with E-state index in [1.54, 1.807) is 43.3 Å². The van der Waals surface area contributed by atoms with Crippen LogP contribution >= 0.6 is 11.6 Å². The topological polar surface area (TPSA) is 88.4 Å². The third-order valence-corrected chi connectivity index (χ3v) is 5.41. The lowest BCUT2D eigenvalue weighted by Gasteiger charge is -2.13. The van der Waals surface area contributed by atoms with Crippen molar-refractivity contribution >= 4 is 33.2 Å². The maximum Gasteiger partial charge on any atom is 0.261 e. The Bertz CT molecular complexity index is 1050. The van der Waals surface area contributed by atoms with Gasteiger partial charge >= 0.3 is 0 Å². The number of nitrogens with one attached hydrogen (secondary N) is 2. The predicted octanol–water partition coefficient (Wildman–Crippen LogP) is 4.22. The standard InChI is InChI=1S/C19H17ClN2O4S/c1-13(18-9-4-10-26-18)21-19(23)14-5-2-8-17(11-14)27(24,25)22-16-7-3-6-15(20)12-16/h2-13,22H,1H3,(H,21,23)/t13-/m0/s1. The van der Waals surface area contributed by atoms with E-state index in [-0.39, 0.29) is 16.5 Å². The lowest BCUT2D eigenvalue weighted by Crippen LogP contribution is -2.26. The molecule has 3 rings (SSSR count). The molecule has 0 fully saturated rings. The molecule has 1 atom stereocenters. The molecule has 0 aliphatic heterocycles. The van der Waals surface area contributed by atoms with Crippen LogP contribution in [0.25, 0.3) is 0 Å². The lowest BCUT2D eigenvalue weighted by molar-refractivity contribution is 0.0935. The number of rotatable bonds is 6. The van der Waals surface area contributed by atoms with Crippen LogP contribution in [0.4, 0.5) is 5.69 Å². The molecule has 1 heterocycles.